The van der Waals surface area contributed by atoms with Gasteiger partial charge in [0.05, 0.1) is 6.04 Å². The summed E-state index contributed by atoms with van der Waals surface area (Å²) in [5.41, 5.74) is 11.2. The zero-order valence-corrected chi connectivity index (χ0v) is 14.8. The van der Waals surface area contributed by atoms with E-state index in [1.807, 2.05) is 0 Å². The number of hydrogen-bond acceptors (Lipinski definition) is 4. The summed E-state index contributed by atoms with van der Waals surface area (Å²) >= 11 is 0. The molecule has 9 heteroatoms. The quantitative estimate of drug-likeness (QED) is 0.248. The smallest absolute Gasteiger partial charge is 0.331 e. The van der Waals surface area contributed by atoms with E-state index in [9.17, 15) is 14.7 Å². The van der Waals surface area contributed by atoms with Crippen molar-refractivity contribution in [2.24, 2.45) is 28.3 Å². The summed E-state index contributed by atoms with van der Waals surface area (Å²) in [6.45, 7) is 5.31. The van der Waals surface area contributed by atoms with Crippen LogP contribution in [0.1, 0.15) is 40.0 Å². The van der Waals surface area contributed by atoms with E-state index in [1.54, 1.807) is 6.08 Å². The van der Waals surface area contributed by atoms with Crippen LogP contribution in [0.3, 0.4) is 0 Å². The number of amides is 1. The van der Waals surface area contributed by atoms with Gasteiger partial charge in [-0.05, 0) is 5.92 Å². The average molecular weight is 356 g/mol. The molecule has 0 heterocycles. The highest BCUT2D eigenvalue weighted by Crippen LogP contribution is 2.34. The molecule has 0 fully saturated rings. The number of nitrogens with one attached hydrogen (secondary N) is 1. The van der Waals surface area contributed by atoms with Gasteiger partial charge >= 0.3 is 5.97 Å². The summed E-state index contributed by atoms with van der Waals surface area (Å²) in [6.07, 6.45) is 3.72. The standard InChI is InChI=1S/C15H26N4O3.CH2O2/c1-4-9(5-2)13(18-8(3)20)11-6-10(14(21)22)7-12(11)19-15(16)17;2-1-3/h6,9,11-13H,4-5,7H2,1-3H3,(H,18,20)(H,21,22)(H4,16,17,19);1H,(H,2,3)/t11-,12-,13+;/m1./s1. The van der Waals surface area contributed by atoms with Crippen molar-refractivity contribution < 1.29 is 24.6 Å². The molecule has 0 spiro atoms. The number of guanidine groups is 1. The summed E-state index contributed by atoms with van der Waals surface area (Å²) in [7, 11) is 0. The second kappa shape index (κ2) is 11.1. The van der Waals surface area contributed by atoms with E-state index in [2.05, 4.69) is 24.2 Å². The van der Waals surface area contributed by atoms with Crippen molar-refractivity contribution in [2.75, 3.05) is 0 Å². The van der Waals surface area contributed by atoms with Gasteiger partial charge in [-0.15, -0.1) is 0 Å². The third kappa shape index (κ3) is 7.23. The molecule has 0 aromatic heterocycles. The lowest BCUT2D eigenvalue weighted by Gasteiger charge is -2.32. The molecule has 0 bridgehead atoms. The molecule has 0 radical (unpaired) electrons. The maximum Gasteiger partial charge on any atom is 0.331 e. The van der Waals surface area contributed by atoms with Gasteiger partial charge in [-0.3, -0.25) is 9.59 Å². The van der Waals surface area contributed by atoms with Crippen LogP contribution in [0, 0.1) is 11.8 Å². The van der Waals surface area contributed by atoms with Crippen LogP contribution in [-0.4, -0.2) is 46.6 Å². The lowest BCUT2D eigenvalue weighted by Crippen LogP contribution is -2.46. The number of nitrogens with zero attached hydrogens (tertiary/aromatic N) is 1. The number of hydrogen-bond donors (Lipinski definition) is 5. The summed E-state index contributed by atoms with van der Waals surface area (Å²) in [5, 5.41) is 19.1. The Bertz CT molecular complexity index is 525. The molecule has 0 aromatic rings. The van der Waals surface area contributed by atoms with Crippen LogP contribution in [-0.2, 0) is 14.4 Å². The number of aliphatic imine (C=N–C) groups is 1. The van der Waals surface area contributed by atoms with Gasteiger partial charge in [0.2, 0.25) is 5.91 Å². The fourth-order valence-electron chi connectivity index (χ4n) is 3.16. The minimum atomic E-state index is -0.968. The Labute approximate surface area is 147 Å². The molecule has 1 amide bonds. The van der Waals surface area contributed by atoms with Gasteiger partial charge in [0, 0.05) is 30.9 Å². The molecule has 9 nitrogen and oxygen atoms in total. The molecule has 1 rings (SSSR count). The number of nitrogens with two attached hydrogens (primary N) is 2. The molecule has 1 aliphatic rings. The Balaban J connectivity index is 0.00000178. The molecule has 0 aromatic carbocycles. The molecule has 7 N–H and O–H groups in total. The summed E-state index contributed by atoms with van der Waals surface area (Å²) < 4.78 is 0. The molecule has 0 aliphatic heterocycles. The number of carboxylic acids is 1. The third-order valence-electron chi connectivity index (χ3n) is 4.20. The van der Waals surface area contributed by atoms with Crippen molar-refractivity contribution in [3.05, 3.63) is 11.6 Å². The number of aliphatic carboxylic acids is 1. The zero-order chi connectivity index (χ0) is 19.6. The van der Waals surface area contributed by atoms with Crippen LogP contribution in [0.15, 0.2) is 16.6 Å². The SMILES string of the molecule is CCC(CC)[C@H](NC(C)=O)[C@@H]1C=C(C(=O)O)C[C@H]1N=C(N)N.O=CO. The van der Waals surface area contributed by atoms with Crippen molar-refractivity contribution in [3.63, 3.8) is 0 Å². The first-order chi connectivity index (χ1) is 11.7. The first-order valence-corrected chi connectivity index (χ1v) is 8.09. The monoisotopic (exact) mass is 356 g/mol. The fraction of sp³-hybridized carbons (Fsp3) is 0.625. The van der Waals surface area contributed by atoms with Gasteiger partial charge < -0.3 is 27.0 Å². The number of rotatable bonds is 7. The predicted octanol–water partition coefficient (Wildman–Crippen LogP) is 0.301. The molecule has 0 unspecified atom stereocenters. The largest absolute Gasteiger partial charge is 0.483 e. The summed E-state index contributed by atoms with van der Waals surface area (Å²) in [5.74, 6) is -1.17. The number of carboxylic acid groups (broad SMARTS) is 2. The Hall–Kier alpha value is -2.58. The Kier molecular flexibility index (Phi) is 9.92. The summed E-state index contributed by atoms with van der Waals surface area (Å²) in [6, 6.07) is -0.536. The van der Waals surface area contributed by atoms with Crippen LogP contribution in [0.2, 0.25) is 0 Å². The van der Waals surface area contributed by atoms with Gasteiger partial charge in [-0.25, -0.2) is 9.79 Å². The van der Waals surface area contributed by atoms with Gasteiger partial charge in [-0.2, -0.15) is 0 Å². The van der Waals surface area contributed by atoms with Crippen LogP contribution in [0.25, 0.3) is 0 Å². The normalized spacial score (nSPS) is 19.9. The third-order valence-corrected chi connectivity index (χ3v) is 4.20. The van der Waals surface area contributed by atoms with E-state index in [1.165, 1.54) is 6.92 Å². The summed E-state index contributed by atoms with van der Waals surface area (Å²) in [4.78, 5) is 35.4. The first kappa shape index (κ1) is 22.4. The maximum absolute atomic E-state index is 11.6. The number of carbonyl (C=O) groups is 3. The van der Waals surface area contributed by atoms with Gasteiger partial charge in [-0.1, -0.05) is 32.8 Å². The van der Waals surface area contributed by atoms with Crippen molar-refractivity contribution >= 4 is 24.3 Å². The van der Waals surface area contributed by atoms with Crippen molar-refractivity contribution in [3.8, 4) is 0 Å². The molecule has 3 atom stereocenters. The topological polar surface area (TPSA) is 168 Å². The molecule has 0 saturated carbocycles. The van der Waals surface area contributed by atoms with Crippen molar-refractivity contribution in [1.29, 1.82) is 0 Å². The lowest BCUT2D eigenvalue weighted by molar-refractivity contribution is -0.132. The Morgan fingerprint density at radius 3 is 2.28 bits per heavy atom. The minimum absolute atomic E-state index is 0.0684. The van der Waals surface area contributed by atoms with Crippen LogP contribution in [0.5, 0.6) is 0 Å². The van der Waals surface area contributed by atoms with E-state index in [0.717, 1.165) is 12.8 Å². The minimum Gasteiger partial charge on any atom is -0.483 e. The second-order valence-corrected chi connectivity index (χ2v) is 5.81. The van der Waals surface area contributed by atoms with Gasteiger partial charge in [0.25, 0.3) is 6.47 Å². The van der Waals surface area contributed by atoms with Gasteiger partial charge in [0.15, 0.2) is 5.96 Å². The second-order valence-electron chi connectivity index (χ2n) is 5.81. The zero-order valence-electron chi connectivity index (χ0n) is 14.8. The van der Waals surface area contributed by atoms with Crippen molar-refractivity contribution in [1.82, 2.24) is 5.32 Å². The van der Waals surface area contributed by atoms with E-state index >= 15 is 0 Å². The lowest BCUT2D eigenvalue weighted by atomic mass is 9.82. The fourth-order valence-corrected chi connectivity index (χ4v) is 3.16. The first-order valence-electron chi connectivity index (χ1n) is 8.09. The van der Waals surface area contributed by atoms with E-state index < -0.39 is 5.97 Å². The van der Waals surface area contributed by atoms with E-state index in [0.29, 0.717) is 5.57 Å². The highest BCUT2D eigenvalue weighted by atomic mass is 16.4. The van der Waals surface area contributed by atoms with Crippen LogP contribution in [0.4, 0.5) is 0 Å². The highest BCUT2D eigenvalue weighted by Gasteiger charge is 2.38. The highest BCUT2D eigenvalue weighted by molar-refractivity contribution is 5.87. The van der Waals surface area contributed by atoms with E-state index in [-0.39, 0.29) is 48.7 Å². The molecule has 1 aliphatic carbocycles. The predicted molar refractivity (Wildman–Crippen MR) is 93.8 cm³/mol. The molecule has 0 saturated heterocycles. The van der Waals surface area contributed by atoms with Gasteiger partial charge in [0.1, 0.15) is 0 Å². The number of carbonyl (C=O) groups excluding carboxylic acids is 1. The van der Waals surface area contributed by atoms with Crippen LogP contribution >= 0.6 is 0 Å². The molecular weight excluding hydrogens is 328 g/mol. The Morgan fingerprint density at radius 2 is 1.92 bits per heavy atom. The molecule has 142 valence electrons. The Morgan fingerprint density at radius 1 is 1.40 bits per heavy atom. The molecular formula is C16H28N4O5. The molecule has 25 heavy (non-hydrogen) atoms. The van der Waals surface area contributed by atoms with Crippen LogP contribution < -0.4 is 16.8 Å². The van der Waals surface area contributed by atoms with Crippen molar-refractivity contribution in [2.45, 2.75) is 52.1 Å². The maximum atomic E-state index is 11.6. The average Bonchev–Trinajstić information content (AvgIpc) is 2.91. The van der Waals surface area contributed by atoms with E-state index in [4.69, 9.17) is 21.4 Å².